The summed E-state index contributed by atoms with van der Waals surface area (Å²) in [5.41, 5.74) is -0.890. The summed E-state index contributed by atoms with van der Waals surface area (Å²) in [5, 5.41) is 32.3. The minimum Gasteiger partial charge on any atom is -0.506 e. The highest BCUT2D eigenvalue weighted by Gasteiger charge is 2.72. The van der Waals surface area contributed by atoms with Gasteiger partial charge in [-0.3, -0.25) is 9.59 Å². The molecule has 2 saturated heterocycles. The van der Waals surface area contributed by atoms with Crippen LogP contribution in [-0.2, 0) is 14.3 Å². The summed E-state index contributed by atoms with van der Waals surface area (Å²) in [5.74, 6) is -2.69. The van der Waals surface area contributed by atoms with Crippen molar-refractivity contribution in [3.8, 4) is 11.5 Å². The smallest absolute Gasteiger partial charge is 0.339 e. The highest BCUT2D eigenvalue weighted by Crippen LogP contribution is 2.72. The minimum atomic E-state index is -1.39. The zero-order chi connectivity index (χ0) is 28.6. The topological polar surface area (TPSA) is 133 Å². The van der Waals surface area contributed by atoms with E-state index < -0.39 is 34.4 Å². The van der Waals surface area contributed by atoms with Gasteiger partial charge in [0.2, 0.25) is 5.91 Å². The zero-order valence-electron chi connectivity index (χ0n) is 22.7. The quantitative estimate of drug-likeness (QED) is 0.317. The molecular weight excluding hydrogens is 530 g/mol. The second-order valence-electron chi connectivity index (χ2n) is 12.4. The molecule has 7 rings (SSSR count). The molecule has 6 atom stereocenters. The molecule has 4 bridgehead atoms. The number of aromatic carboxylic acids is 1. The maximum atomic E-state index is 14.3. The number of hydrogen-bond donors (Lipinski definition) is 4. The number of carbonyl (C=O) groups is 3. The van der Waals surface area contributed by atoms with E-state index in [1.165, 1.54) is 11.8 Å². The van der Waals surface area contributed by atoms with E-state index in [1.54, 1.807) is 0 Å². The Kier molecular flexibility index (Phi) is 6.12. The van der Waals surface area contributed by atoms with Crippen LogP contribution in [-0.4, -0.2) is 44.7 Å². The van der Waals surface area contributed by atoms with Crippen LogP contribution >= 0.6 is 11.8 Å². The minimum absolute atomic E-state index is 0.00243. The van der Waals surface area contributed by atoms with Gasteiger partial charge in [0.15, 0.2) is 11.5 Å². The first-order chi connectivity index (χ1) is 18.8. The first-order valence-corrected chi connectivity index (χ1v) is 14.4. The van der Waals surface area contributed by atoms with Crippen molar-refractivity contribution >= 4 is 35.1 Å². The molecule has 0 radical (unpaired) electrons. The Balaban J connectivity index is 1.29. The molecule has 4 fully saturated rings. The Morgan fingerprint density at radius 1 is 1.12 bits per heavy atom. The van der Waals surface area contributed by atoms with E-state index in [4.69, 9.17) is 4.74 Å². The molecule has 210 valence electrons. The number of Topliss-reactive ketones (excluding diaryl/α,β-unsaturated/α-hetero) is 1. The second kappa shape index (κ2) is 9.11. The lowest BCUT2D eigenvalue weighted by Crippen LogP contribution is -2.57. The molecule has 9 heteroatoms. The fourth-order valence-electron chi connectivity index (χ4n) is 8.02. The maximum Gasteiger partial charge on any atom is 0.339 e. The summed E-state index contributed by atoms with van der Waals surface area (Å²) in [6, 6.07) is 10.3. The van der Waals surface area contributed by atoms with Crippen LogP contribution in [0.1, 0.15) is 61.9 Å². The number of aryl methyl sites for hydroxylation is 1. The first kappa shape index (κ1) is 26.9. The number of nitrogens with one attached hydrogen (secondary N) is 1. The second-order valence-corrected chi connectivity index (χ2v) is 13.5. The molecule has 3 aliphatic carbocycles. The van der Waals surface area contributed by atoms with Crippen molar-refractivity contribution in [3.05, 3.63) is 58.5 Å². The lowest BCUT2D eigenvalue weighted by molar-refractivity contribution is -0.169. The average molecular weight is 564 g/mol. The molecule has 1 amide bonds. The lowest BCUT2D eigenvalue weighted by atomic mass is 9.51. The van der Waals surface area contributed by atoms with Gasteiger partial charge in [-0.05, 0) is 75.1 Å². The maximum absolute atomic E-state index is 14.3. The number of ether oxygens (including phenoxy) is 1. The third-order valence-electron chi connectivity index (χ3n) is 9.72. The molecule has 2 aromatic carbocycles. The highest BCUT2D eigenvalue weighted by molar-refractivity contribution is 8.04. The van der Waals surface area contributed by atoms with E-state index in [2.05, 4.69) is 18.3 Å². The number of thioether (sulfide) groups is 1. The molecule has 2 heterocycles. The third-order valence-corrected chi connectivity index (χ3v) is 10.7. The predicted octanol–water partition coefficient (Wildman–Crippen LogP) is 5.66. The Bertz CT molecular complexity index is 1470. The molecule has 1 spiro atoms. The monoisotopic (exact) mass is 563 g/mol. The Labute approximate surface area is 236 Å². The summed E-state index contributed by atoms with van der Waals surface area (Å²) in [6.45, 7) is 6.17. The van der Waals surface area contributed by atoms with Crippen LogP contribution in [0, 0.1) is 29.6 Å². The largest absolute Gasteiger partial charge is 0.506 e. The molecule has 40 heavy (non-hydrogen) atoms. The van der Waals surface area contributed by atoms with E-state index in [9.17, 15) is 29.7 Å². The molecular formula is C31H33NO7S. The Morgan fingerprint density at radius 2 is 1.85 bits per heavy atom. The number of anilines is 1. The number of carboxylic acid groups (broad SMARTS) is 1. The van der Waals surface area contributed by atoms with Crippen LogP contribution in [0.3, 0.4) is 0 Å². The fourth-order valence-corrected chi connectivity index (χ4v) is 9.17. The molecule has 2 aliphatic heterocycles. The van der Waals surface area contributed by atoms with Crippen molar-refractivity contribution in [3.63, 3.8) is 0 Å². The summed E-state index contributed by atoms with van der Waals surface area (Å²) >= 11 is 1.48. The zero-order valence-corrected chi connectivity index (χ0v) is 23.5. The number of ketones is 1. The fraction of sp³-hybridized carbons (Fsp3) is 0.452. The Hall–Kier alpha value is -3.30. The van der Waals surface area contributed by atoms with Crippen molar-refractivity contribution in [1.29, 1.82) is 0 Å². The molecule has 0 aromatic heterocycles. The summed E-state index contributed by atoms with van der Waals surface area (Å²) in [4.78, 5) is 40.5. The molecule has 0 unspecified atom stereocenters. The van der Waals surface area contributed by atoms with Crippen molar-refractivity contribution in [2.24, 2.45) is 22.7 Å². The van der Waals surface area contributed by atoms with Crippen LogP contribution in [0.25, 0.3) is 0 Å². The molecule has 4 N–H and O–H groups in total. The molecule has 2 aromatic rings. The van der Waals surface area contributed by atoms with Gasteiger partial charge in [0, 0.05) is 22.6 Å². The van der Waals surface area contributed by atoms with Gasteiger partial charge in [-0.2, -0.15) is 0 Å². The van der Waals surface area contributed by atoms with Gasteiger partial charge in [-0.25, -0.2) is 4.79 Å². The van der Waals surface area contributed by atoms with Gasteiger partial charge >= 0.3 is 5.97 Å². The standard InChI is InChI=1S/C31H33NO7S/c1-16-4-6-18(7-5-16)40-22-14-31-13-17-12-21(39-30(17,3)15-31)26(31)29(2,27(22)36)11-10-23(34)32-24-20(33)9-8-19(25(24)35)28(37)38/h4-9,14,17,21,26,33,35H,10-13,15H2,1-3H3,(H,32,34)(H,37,38)/t17-,21+,26+,29+,30+,31-/m1/s1. The number of phenols is 2. The van der Waals surface area contributed by atoms with E-state index >= 15 is 0 Å². The summed E-state index contributed by atoms with van der Waals surface area (Å²) < 4.78 is 6.57. The van der Waals surface area contributed by atoms with E-state index in [1.807, 2.05) is 38.1 Å². The van der Waals surface area contributed by atoms with Crippen LogP contribution < -0.4 is 5.32 Å². The van der Waals surface area contributed by atoms with E-state index in [0.29, 0.717) is 10.8 Å². The van der Waals surface area contributed by atoms with Gasteiger partial charge in [0.25, 0.3) is 0 Å². The first-order valence-electron chi connectivity index (χ1n) is 13.6. The van der Waals surface area contributed by atoms with Crippen LogP contribution in [0.2, 0.25) is 0 Å². The van der Waals surface area contributed by atoms with Crippen molar-refractivity contribution in [2.75, 3.05) is 5.32 Å². The van der Waals surface area contributed by atoms with Crippen molar-refractivity contribution in [2.45, 2.75) is 69.5 Å². The lowest BCUT2D eigenvalue weighted by Gasteiger charge is -2.56. The number of hydrogen-bond acceptors (Lipinski definition) is 7. The van der Waals surface area contributed by atoms with E-state index in [0.717, 1.165) is 41.9 Å². The third kappa shape index (κ3) is 4.05. The molecule has 2 saturated carbocycles. The van der Waals surface area contributed by atoms with Gasteiger partial charge in [0.1, 0.15) is 17.0 Å². The summed E-state index contributed by atoms with van der Waals surface area (Å²) in [6.07, 6.45) is 5.07. The number of allylic oxidation sites excluding steroid dienone is 2. The van der Waals surface area contributed by atoms with Crippen LogP contribution in [0.4, 0.5) is 5.69 Å². The summed E-state index contributed by atoms with van der Waals surface area (Å²) in [7, 11) is 0. The van der Waals surface area contributed by atoms with Crippen LogP contribution in [0.15, 0.2) is 52.3 Å². The Morgan fingerprint density at radius 3 is 2.52 bits per heavy atom. The SMILES string of the molecule is Cc1ccc(SC2=C[C@]34C[C@H]5C[C@H](O[C@@]5(C)C3)[C@H]4[C@](C)(CCC(=O)Nc3c(O)ccc(C(=O)O)c3O)C2=O)cc1. The number of rotatable bonds is 7. The number of carbonyl (C=O) groups excluding carboxylic acids is 2. The normalized spacial score (nSPS) is 33.5. The number of amides is 1. The number of benzene rings is 2. The van der Waals surface area contributed by atoms with Gasteiger partial charge in [-0.15, -0.1) is 0 Å². The predicted molar refractivity (Wildman–Crippen MR) is 149 cm³/mol. The van der Waals surface area contributed by atoms with Gasteiger partial charge in [-0.1, -0.05) is 42.5 Å². The number of carboxylic acids is 1. The molecule has 8 nitrogen and oxygen atoms in total. The van der Waals surface area contributed by atoms with Crippen molar-refractivity contribution in [1.82, 2.24) is 0 Å². The highest BCUT2D eigenvalue weighted by atomic mass is 32.2. The van der Waals surface area contributed by atoms with Gasteiger partial charge < -0.3 is 25.4 Å². The van der Waals surface area contributed by atoms with Gasteiger partial charge in [0.05, 0.1) is 16.6 Å². The number of phenolic OH excluding ortho intramolecular Hbond substituents is 1. The van der Waals surface area contributed by atoms with Crippen LogP contribution in [0.5, 0.6) is 11.5 Å². The average Bonchev–Trinajstić information content (AvgIpc) is 3.25. The molecule has 5 aliphatic rings. The number of aromatic hydroxyl groups is 2. The van der Waals surface area contributed by atoms with Crippen molar-refractivity contribution < 1.29 is 34.4 Å². The van der Waals surface area contributed by atoms with E-state index in [-0.39, 0.29) is 47.4 Å².